The summed E-state index contributed by atoms with van der Waals surface area (Å²) in [5.74, 6) is 0. The molecule has 4 nitrogen and oxygen atoms in total. The predicted octanol–water partition coefficient (Wildman–Crippen LogP) is 0.616. The Morgan fingerprint density at radius 1 is 1.25 bits per heavy atom. The molecule has 4 heteroatoms. The van der Waals surface area contributed by atoms with E-state index < -0.39 is 0 Å². The van der Waals surface area contributed by atoms with Gasteiger partial charge in [0.2, 0.25) is 0 Å². The van der Waals surface area contributed by atoms with E-state index in [4.69, 9.17) is 0 Å². The van der Waals surface area contributed by atoms with Gasteiger partial charge in [0, 0.05) is 14.1 Å². The minimum atomic E-state index is 0.575. The van der Waals surface area contributed by atoms with E-state index in [0.717, 1.165) is 5.71 Å². The van der Waals surface area contributed by atoms with Crippen molar-refractivity contribution in [2.75, 3.05) is 35.2 Å². The molecule has 12 heavy (non-hydrogen) atoms. The van der Waals surface area contributed by atoms with E-state index in [2.05, 4.69) is 10.2 Å². The third-order valence-corrected chi connectivity index (χ3v) is 0.933. The first-order valence-electron chi connectivity index (χ1n) is 3.91. The SMILES string of the molecule is CC(/C=N/N(C)C)=N/[N+](C)(C)C. The smallest absolute Gasteiger partial charge is 0.113 e. The fourth-order valence-corrected chi connectivity index (χ4v) is 0.698. The lowest BCUT2D eigenvalue weighted by atomic mass is 10.5. The second-order valence-corrected chi connectivity index (χ2v) is 3.77. The number of nitrogens with zero attached hydrogens (tertiary/aromatic N) is 4. The van der Waals surface area contributed by atoms with E-state index in [-0.39, 0.29) is 0 Å². The van der Waals surface area contributed by atoms with Crippen molar-refractivity contribution >= 4 is 11.9 Å². The molecule has 70 valence electrons. The summed E-state index contributed by atoms with van der Waals surface area (Å²) in [6.45, 7) is 1.94. The molecule has 0 radical (unpaired) electrons. The molecule has 0 fully saturated rings. The Morgan fingerprint density at radius 2 is 1.75 bits per heavy atom. The van der Waals surface area contributed by atoms with E-state index in [1.54, 1.807) is 11.2 Å². The van der Waals surface area contributed by atoms with Gasteiger partial charge >= 0.3 is 0 Å². The largest absolute Gasteiger partial charge is 0.303 e. The molecule has 0 aliphatic heterocycles. The van der Waals surface area contributed by atoms with Crippen LogP contribution in [0.5, 0.6) is 0 Å². The molecule has 0 aliphatic carbocycles. The van der Waals surface area contributed by atoms with Crippen LogP contribution in [0.15, 0.2) is 10.2 Å². The van der Waals surface area contributed by atoms with Gasteiger partial charge in [-0.05, 0) is 6.92 Å². The normalized spacial score (nSPS) is 14.0. The first-order valence-corrected chi connectivity index (χ1v) is 3.91. The highest BCUT2D eigenvalue weighted by Gasteiger charge is 2.03. The van der Waals surface area contributed by atoms with Crippen molar-refractivity contribution in [1.82, 2.24) is 5.01 Å². The topological polar surface area (TPSA) is 28.0 Å². The van der Waals surface area contributed by atoms with Gasteiger partial charge in [0.25, 0.3) is 0 Å². The Bertz CT molecular complexity index is 186. The highest BCUT2D eigenvalue weighted by molar-refractivity contribution is 6.29. The lowest BCUT2D eigenvalue weighted by Gasteiger charge is -2.15. The minimum absolute atomic E-state index is 0.575. The Kier molecular flexibility index (Phi) is 3.89. The van der Waals surface area contributed by atoms with Crippen LogP contribution >= 0.6 is 0 Å². The average molecular weight is 171 g/mol. The molecule has 0 unspecified atom stereocenters. The van der Waals surface area contributed by atoms with Gasteiger partial charge in [-0.2, -0.15) is 5.10 Å². The summed E-state index contributed by atoms with van der Waals surface area (Å²) < 4.78 is 0.575. The molecular formula is C8H19N4+. The van der Waals surface area contributed by atoms with Gasteiger partial charge in [-0.3, -0.25) is 0 Å². The summed E-state index contributed by atoms with van der Waals surface area (Å²) in [5, 5.41) is 10.2. The first-order chi connectivity index (χ1) is 5.31. The Balaban J connectivity index is 4.21. The maximum atomic E-state index is 4.36. The van der Waals surface area contributed by atoms with Crippen LogP contribution in [0.3, 0.4) is 0 Å². The van der Waals surface area contributed by atoms with Crippen molar-refractivity contribution in [2.24, 2.45) is 10.2 Å². The zero-order chi connectivity index (χ0) is 9.78. The van der Waals surface area contributed by atoms with Crippen LogP contribution in [0, 0.1) is 0 Å². The average Bonchev–Trinajstić information content (AvgIpc) is 1.79. The standard InChI is InChI=1S/C8H19N4/c1-8(7-9-11(2)3)10-12(4,5)6/h7H,1-6H3/q+1/b9-7+,10-8-. The number of quaternary nitrogens is 1. The van der Waals surface area contributed by atoms with E-state index in [1.165, 1.54) is 0 Å². The first kappa shape index (κ1) is 11.1. The summed E-state index contributed by atoms with van der Waals surface area (Å²) in [4.78, 5) is 0. The van der Waals surface area contributed by atoms with Crippen molar-refractivity contribution in [3.05, 3.63) is 0 Å². The number of hydrogen-bond donors (Lipinski definition) is 0. The molecule has 0 spiro atoms. The quantitative estimate of drug-likeness (QED) is 0.347. The lowest BCUT2D eigenvalue weighted by Crippen LogP contribution is -2.29. The number of hydrogen-bond acceptors (Lipinski definition) is 3. The van der Waals surface area contributed by atoms with Crippen LogP contribution in [0.25, 0.3) is 0 Å². The number of rotatable bonds is 3. The van der Waals surface area contributed by atoms with Crippen molar-refractivity contribution < 1.29 is 4.59 Å². The fourth-order valence-electron chi connectivity index (χ4n) is 0.698. The molecule has 0 amide bonds. The van der Waals surface area contributed by atoms with Gasteiger partial charge in [0.15, 0.2) is 0 Å². The molecular weight excluding hydrogens is 152 g/mol. The molecule has 0 aromatic carbocycles. The zero-order valence-corrected chi connectivity index (χ0v) is 8.87. The second kappa shape index (κ2) is 4.21. The molecule has 0 aromatic heterocycles. The van der Waals surface area contributed by atoms with Gasteiger partial charge in [0.1, 0.15) is 5.71 Å². The maximum absolute atomic E-state index is 4.36. The van der Waals surface area contributed by atoms with Crippen LogP contribution in [-0.2, 0) is 0 Å². The van der Waals surface area contributed by atoms with Gasteiger partial charge in [-0.25, -0.2) is 4.59 Å². The molecule has 0 N–H and O–H groups in total. The molecule has 0 aromatic rings. The predicted molar refractivity (Wildman–Crippen MR) is 53.3 cm³/mol. The Morgan fingerprint density at radius 3 is 2.08 bits per heavy atom. The van der Waals surface area contributed by atoms with E-state index >= 15 is 0 Å². The van der Waals surface area contributed by atoms with Crippen LogP contribution in [-0.4, -0.2) is 56.8 Å². The third-order valence-electron chi connectivity index (χ3n) is 0.933. The highest BCUT2D eigenvalue weighted by atomic mass is 15.6. The van der Waals surface area contributed by atoms with Crippen LogP contribution < -0.4 is 0 Å². The van der Waals surface area contributed by atoms with Crippen molar-refractivity contribution in [3.63, 3.8) is 0 Å². The summed E-state index contributed by atoms with van der Waals surface area (Å²) in [5.41, 5.74) is 0.927. The lowest BCUT2D eigenvalue weighted by molar-refractivity contribution is -0.876. The van der Waals surface area contributed by atoms with Gasteiger partial charge in [-0.15, -0.1) is 0 Å². The monoisotopic (exact) mass is 171 g/mol. The van der Waals surface area contributed by atoms with E-state index in [9.17, 15) is 0 Å². The van der Waals surface area contributed by atoms with Crippen molar-refractivity contribution in [1.29, 1.82) is 0 Å². The van der Waals surface area contributed by atoms with Crippen molar-refractivity contribution in [3.8, 4) is 0 Å². The maximum Gasteiger partial charge on any atom is 0.113 e. The fraction of sp³-hybridized carbons (Fsp3) is 0.750. The minimum Gasteiger partial charge on any atom is -0.303 e. The summed E-state index contributed by atoms with van der Waals surface area (Å²) in [6, 6.07) is 0. The van der Waals surface area contributed by atoms with Gasteiger partial charge in [0.05, 0.1) is 27.4 Å². The second-order valence-electron chi connectivity index (χ2n) is 3.77. The van der Waals surface area contributed by atoms with Crippen LogP contribution in [0.2, 0.25) is 0 Å². The zero-order valence-electron chi connectivity index (χ0n) is 8.87. The summed E-state index contributed by atoms with van der Waals surface area (Å²) in [7, 11) is 9.79. The van der Waals surface area contributed by atoms with Crippen molar-refractivity contribution in [2.45, 2.75) is 6.92 Å². The molecule has 0 rings (SSSR count). The Labute approximate surface area is 74.8 Å². The molecule has 0 saturated carbocycles. The molecule has 0 atom stereocenters. The van der Waals surface area contributed by atoms with Crippen LogP contribution in [0.1, 0.15) is 6.92 Å². The molecule has 0 saturated heterocycles. The highest BCUT2D eigenvalue weighted by Crippen LogP contribution is 1.91. The van der Waals surface area contributed by atoms with Gasteiger partial charge < -0.3 is 5.01 Å². The molecule has 0 heterocycles. The van der Waals surface area contributed by atoms with E-state index in [0.29, 0.717) is 4.59 Å². The summed E-state index contributed by atoms with van der Waals surface area (Å²) in [6.07, 6.45) is 1.75. The summed E-state index contributed by atoms with van der Waals surface area (Å²) >= 11 is 0. The third kappa shape index (κ3) is 7.21. The number of hydrazone groups is 1. The Hall–Kier alpha value is -0.900. The molecule has 0 aliphatic rings. The van der Waals surface area contributed by atoms with Crippen LogP contribution in [0.4, 0.5) is 0 Å². The van der Waals surface area contributed by atoms with Gasteiger partial charge in [-0.1, -0.05) is 5.10 Å². The molecule has 0 bridgehead atoms. The van der Waals surface area contributed by atoms with E-state index in [1.807, 2.05) is 42.2 Å².